The Morgan fingerprint density at radius 2 is 1.72 bits per heavy atom. The molecule has 1 aliphatic rings. The van der Waals surface area contributed by atoms with Gasteiger partial charge in [-0.05, 0) is 50.5 Å². The Balaban J connectivity index is 1.93. The first kappa shape index (κ1) is 17.9. The maximum Gasteiger partial charge on any atom is 0.332 e. The molecule has 0 unspecified atom stereocenters. The highest BCUT2D eigenvalue weighted by molar-refractivity contribution is 9.10. The number of aliphatic imine (C=N–C) groups is 1. The van der Waals surface area contributed by atoms with Crippen molar-refractivity contribution in [3.05, 3.63) is 70.2 Å². The Bertz CT molecular complexity index is 776. The van der Waals surface area contributed by atoms with E-state index >= 15 is 0 Å². The van der Waals surface area contributed by atoms with Crippen molar-refractivity contribution < 1.29 is 9.53 Å². The fraction of sp³-hybridized carbons (Fsp3) is 0.333. The molecule has 0 radical (unpaired) electrons. The molecule has 4 heteroatoms. The van der Waals surface area contributed by atoms with Gasteiger partial charge in [-0.2, -0.15) is 0 Å². The molecule has 3 rings (SSSR count). The fourth-order valence-electron chi connectivity index (χ4n) is 3.04. The van der Waals surface area contributed by atoms with E-state index in [0.717, 1.165) is 27.7 Å². The Morgan fingerprint density at radius 3 is 2.32 bits per heavy atom. The average molecular weight is 400 g/mol. The van der Waals surface area contributed by atoms with Crippen molar-refractivity contribution in [2.45, 2.75) is 44.8 Å². The van der Waals surface area contributed by atoms with E-state index in [1.807, 2.05) is 63.2 Å². The highest BCUT2D eigenvalue weighted by Gasteiger charge is 2.38. The number of hydrogen-bond acceptors (Lipinski definition) is 3. The van der Waals surface area contributed by atoms with Crippen molar-refractivity contribution in [3.8, 4) is 0 Å². The minimum Gasteiger partial charge on any atom is -0.458 e. The third-order valence-corrected chi connectivity index (χ3v) is 4.67. The molecule has 1 aliphatic heterocycles. The van der Waals surface area contributed by atoms with Crippen LogP contribution in [0.3, 0.4) is 0 Å². The molecule has 0 saturated carbocycles. The molecular weight excluding hydrogens is 378 g/mol. The number of carbonyl (C=O) groups excluding carboxylic acids is 1. The fourth-order valence-corrected chi connectivity index (χ4v) is 3.31. The normalized spacial score (nSPS) is 20.2. The standard InChI is InChI=1S/C21H22BrNO2/c1-21(2,3)25-20(24)19-17(14-7-5-4-6-8-14)13-18(23-19)15-9-11-16(22)12-10-15/h4-12,17,19H,13H2,1-3H3/t17-,19+/m1/s1. The maximum atomic E-state index is 12.7. The van der Waals surface area contributed by atoms with E-state index in [0.29, 0.717) is 0 Å². The Labute approximate surface area is 157 Å². The zero-order valence-corrected chi connectivity index (χ0v) is 16.3. The Hall–Kier alpha value is -1.94. The molecule has 130 valence electrons. The van der Waals surface area contributed by atoms with Crippen LogP contribution in [0.25, 0.3) is 0 Å². The number of nitrogens with zero attached hydrogens (tertiary/aromatic N) is 1. The van der Waals surface area contributed by atoms with Gasteiger partial charge in [-0.25, -0.2) is 4.79 Å². The van der Waals surface area contributed by atoms with E-state index in [1.54, 1.807) is 0 Å². The minimum absolute atomic E-state index is 0.00898. The van der Waals surface area contributed by atoms with E-state index in [9.17, 15) is 4.79 Å². The van der Waals surface area contributed by atoms with Crippen molar-refractivity contribution in [3.63, 3.8) is 0 Å². The van der Waals surface area contributed by atoms with Crippen LogP contribution in [0.4, 0.5) is 0 Å². The summed E-state index contributed by atoms with van der Waals surface area (Å²) in [6.07, 6.45) is 0.732. The van der Waals surface area contributed by atoms with Crippen LogP contribution in [0.1, 0.15) is 44.2 Å². The van der Waals surface area contributed by atoms with Gasteiger partial charge in [0.25, 0.3) is 0 Å². The van der Waals surface area contributed by atoms with Crippen LogP contribution >= 0.6 is 15.9 Å². The predicted molar refractivity (Wildman–Crippen MR) is 104 cm³/mol. The van der Waals surface area contributed by atoms with Crippen LogP contribution in [0.5, 0.6) is 0 Å². The van der Waals surface area contributed by atoms with Gasteiger partial charge >= 0.3 is 5.97 Å². The van der Waals surface area contributed by atoms with E-state index in [4.69, 9.17) is 9.73 Å². The number of benzene rings is 2. The number of ether oxygens (including phenoxy) is 1. The van der Waals surface area contributed by atoms with Gasteiger partial charge < -0.3 is 4.74 Å². The van der Waals surface area contributed by atoms with Gasteiger partial charge in [0.1, 0.15) is 5.60 Å². The summed E-state index contributed by atoms with van der Waals surface area (Å²) in [7, 11) is 0. The highest BCUT2D eigenvalue weighted by Crippen LogP contribution is 2.35. The van der Waals surface area contributed by atoms with Crippen LogP contribution < -0.4 is 0 Å². The third kappa shape index (κ3) is 4.37. The molecule has 2 aromatic carbocycles. The second-order valence-electron chi connectivity index (χ2n) is 7.28. The molecule has 0 amide bonds. The Kier molecular flexibility index (Phi) is 5.09. The summed E-state index contributed by atoms with van der Waals surface area (Å²) >= 11 is 3.46. The Morgan fingerprint density at radius 1 is 1.08 bits per heavy atom. The second kappa shape index (κ2) is 7.12. The second-order valence-corrected chi connectivity index (χ2v) is 8.20. The molecule has 0 aliphatic carbocycles. The van der Waals surface area contributed by atoms with Crippen molar-refractivity contribution >= 4 is 27.6 Å². The molecule has 0 spiro atoms. The molecule has 3 nitrogen and oxygen atoms in total. The summed E-state index contributed by atoms with van der Waals surface area (Å²) in [6, 6.07) is 17.7. The number of halogens is 1. The first-order chi connectivity index (χ1) is 11.8. The molecule has 2 atom stereocenters. The number of rotatable bonds is 3. The number of esters is 1. The molecule has 2 aromatic rings. The summed E-state index contributed by atoms with van der Waals surface area (Å²) in [5.74, 6) is -0.247. The number of hydrogen-bond donors (Lipinski definition) is 0. The van der Waals surface area contributed by atoms with E-state index in [-0.39, 0.29) is 11.9 Å². The van der Waals surface area contributed by atoms with Gasteiger partial charge in [0, 0.05) is 16.1 Å². The highest BCUT2D eigenvalue weighted by atomic mass is 79.9. The van der Waals surface area contributed by atoms with Crippen LogP contribution in [-0.4, -0.2) is 23.3 Å². The van der Waals surface area contributed by atoms with Crippen molar-refractivity contribution in [1.29, 1.82) is 0 Å². The van der Waals surface area contributed by atoms with E-state index < -0.39 is 11.6 Å². The molecule has 1 heterocycles. The number of carbonyl (C=O) groups is 1. The van der Waals surface area contributed by atoms with Gasteiger partial charge in [-0.1, -0.05) is 58.4 Å². The first-order valence-electron chi connectivity index (χ1n) is 8.44. The molecular formula is C21H22BrNO2. The van der Waals surface area contributed by atoms with Gasteiger partial charge in [-0.3, -0.25) is 4.99 Å². The lowest BCUT2D eigenvalue weighted by molar-refractivity contribution is -0.156. The van der Waals surface area contributed by atoms with Crippen LogP contribution in [0.2, 0.25) is 0 Å². The molecule has 0 saturated heterocycles. The lowest BCUT2D eigenvalue weighted by Gasteiger charge is -2.24. The van der Waals surface area contributed by atoms with Gasteiger partial charge in [-0.15, -0.1) is 0 Å². The predicted octanol–water partition coefficient (Wildman–Crippen LogP) is 5.14. The molecule has 0 bridgehead atoms. The summed E-state index contributed by atoms with van der Waals surface area (Å²) in [5, 5.41) is 0. The van der Waals surface area contributed by atoms with Gasteiger partial charge in [0.05, 0.1) is 0 Å². The molecule has 0 fully saturated rings. The monoisotopic (exact) mass is 399 g/mol. The zero-order chi connectivity index (χ0) is 18.0. The third-order valence-electron chi connectivity index (χ3n) is 4.14. The molecule has 0 N–H and O–H groups in total. The van der Waals surface area contributed by atoms with Gasteiger partial charge in [0.2, 0.25) is 0 Å². The summed E-state index contributed by atoms with van der Waals surface area (Å²) in [5.41, 5.74) is 2.61. The van der Waals surface area contributed by atoms with Crippen LogP contribution in [0.15, 0.2) is 64.1 Å². The van der Waals surface area contributed by atoms with E-state index in [1.165, 1.54) is 0 Å². The quantitative estimate of drug-likeness (QED) is 0.670. The average Bonchev–Trinajstić information content (AvgIpc) is 3.00. The molecule has 0 aromatic heterocycles. The lowest BCUT2D eigenvalue weighted by Crippen LogP contribution is -2.32. The maximum absolute atomic E-state index is 12.7. The van der Waals surface area contributed by atoms with Crippen LogP contribution in [-0.2, 0) is 9.53 Å². The molecule has 25 heavy (non-hydrogen) atoms. The van der Waals surface area contributed by atoms with Crippen LogP contribution in [0, 0.1) is 0 Å². The SMILES string of the molecule is CC(C)(C)OC(=O)[C@H]1N=C(c2ccc(Br)cc2)C[C@@H]1c1ccccc1. The van der Waals surface area contributed by atoms with Crippen molar-refractivity contribution in [2.24, 2.45) is 4.99 Å². The summed E-state index contributed by atoms with van der Waals surface area (Å²) < 4.78 is 6.65. The summed E-state index contributed by atoms with van der Waals surface area (Å²) in [4.78, 5) is 17.5. The van der Waals surface area contributed by atoms with E-state index in [2.05, 4.69) is 28.1 Å². The lowest BCUT2D eigenvalue weighted by atomic mass is 9.89. The largest absolute Gasteiger partial charge is 0.458 e. The first-order valence-corrected chi connectivity index (χ1v) is 9.23. The van der Waals surface area contributed by atoms with Crippen molar-refractivity contribution in [1.82, 2.24) is 0 Å². The topological polar surface area (TPSA) is 38.7 Å². The van der Waals surface area contributed by atoms with Gasteiger partial charge in [0.15, 0.2) is 6.04 Å². The zero-order valence-electron chi connectivity index (χ0n) is 14.7. The minimum atomic E-state index is -0.520. The smallest absolute Gasteiger partial charge is 0.332 e. The summed E-state index contributed by atoms with van der Waals surface area (Å²) in [6.45, 7) is 5.66. The van der Waals surface area contributed by atoms with Crippen molar-refractivity contribution in [2.75, 3.05) is 0 Å².